The molecule has 0 aliphatic rings. The second-order valence-electron chi connectivity index (χ2n) is 15.0. The second kappa shape index (κ2) is 13.3. The van der Waals surface area contributed by atoms with Gasteiger partial charge in [0.15, 0.2) is 0 Å². The standard InChI is InChI=1S/C55H40/c1-35-32-36(2)51(37(3)33-35)55-47-24-14-12-22-45(47)52(46-23-13-15-25-48(46)55)40-26-28-41(29-27-40)53-43-20-10-11-21-44(43)54(39-18-8-5-9-19-39)50-34-42(30-31-49(50)53)38-16-6-4-7-17-38/h4-34H,1-3H3. The molecule has 0 nitrogen and oxygen atoms in total. The molecule has 0 aliphatic carbocycles. The average molecular weight is 701 g/mol. The lowest BCUT2D eigenvalue weighted by Gasteiger charge is -2.21. The third-order valence-corrected chi connectivity index (χ3v) is 11.5. The summed E-state index contributed by atoms with van der Waals surface area (Å²) in [4.78, 5) is 0. The first-order valence-electron chi connectivity index (χ1n) is 19.3. The molecule has 0 amide bonds. The van der Waals surface area contributed by atoms with E-state index in [1.807, 2.05) is 0 Å². The molecule has 0 spiro atoms. The second-order valence-corrected chi connectivity index (χ2v) is 15.0. The van der Waals surface area contributed by atoms with Crippen LogP contribution >= 0.6 is 0 Å². The summed E-state index contributed by atoms with van der Waals surface area (Å²) in [5.74, 6) is 0. The van der Waals surface area contributed by atoms with Crippen molar-refractivity contribution in [1.82, 2.24) is 0 Å². The van der Waals surface area contributed by atoms with Gasteiger partial charge >= 0.3 is 0 Å². The number of aryl methyl sites for hydroxylation is 3. The Hall–Kier alpha value is -6.76. The van der Waals surface area contributed by atoms with Crippen LogP contribution in [0.2, 0.25) is 0 Å². The van der Waals surface area contributed by atoms with E-state index < -0.39 is 0 Å². The summed E-state index contributed by atoms with van der Waals surface area (Å²) < 4.78 is 0. The first-order chi connectivity index (χ1) is 27.0. The van der Waals surface area contributed by atoms with Gasteiger partial charge in [-0.1, -0.05) is 188 Å². The maximum absolute atomic E-state index is 2.40. The molecule has 0 heteroatoms. The lowest BCUT2D eigenvalue weighted by molar-refractivity contribution is 1.33. The van der Waals surface area contributed by atoms with Gasteiger partial charge in [0.25, 0.3) is 0 Å². The van der Waals surface area contributed by atoms with E-state index in [9.17, 15) is 0 Å². The summed E-state index contributed by atoms with van der Waals surface area (Å²) in [7, 11) is 0. The summed E-state index contributed by atoms with van der Waals surface area (Å²) >= 11 is 0. The molecule has 0 saturated carbocycles. The van der Waals surface area contributed by atoms with Crippen LogP contribution in [-0.2, 0) is 0 Å². The van der Waals surface area contributed by atoms with Crippen LogP contribution in [0.4, 0.5) is 0 Å². The first kappa shape index (κ1) is 32.9. The van der Waals surface area contributed by atoms with Gasteiger partial charge in [0.05, 0.1) is 0 Å². The van der Waals surface area contributed by atoms with Crippen molar-refractivity contribution in [3.05, 3.63) is 205 Å². The summed E-state index contributed by atoms with van der Waals surface area (Å²) in [5, 5.41) is 10.2. The summed E-state index contributed by atoms with van der Waals surface area (Å²) in [5.41, 5.74) is 16.6. The van der Waals surface area contributed by atoms with E-state index in [0.29, 0.717) is 0 Å². The zero-order chi connectivity index (χ0) is 37.0. The number of hydrogen-bond donors (Lipinski definition) is 0. The Morgan fingerprint density at radius 1 is 0.218 bits per heavy atom. The Labute approximate surface area is 323 Å². The van der Waals surface area contributed by atoms with Crippen LogP contribution in [0.1, 0.15) is 16.7 Å². The Bertz CT molecular complexity index is 3000. The molecule has 0 radical (unpaired) electrons. The van der Waals surface area contributed by atoms with E-state index in [2.05, 4.69) is 209 Å². The number of benzene rings is 10. The van der Waals surface area contributed by atoms with Crippen LogP contribution < -0.4 is 0 Å². The van der Waals surface area contributed by atoms with Crippen molar-refractivity contribution in [1.29, 1.82) is 0 Å². The van der Waals surface area contributed by atoms with Crippen molar-refractivity contribution >= 4 is 43.1 Å². The van der Waals surface area contributed by atoms with Crippen LogP contribution in [0.15, 0.2) is 188 Å². The first-order valence-corrected chi connectivity index (χ1v) is 19.3. The van der Waals surface area contributed by atoms with Crippen LogP contribution in [0.25, 0.3) is 98.7 Å². The molecule has 0 N–H and O–H groups in total. The Kier molecular flexibility index (Phi) is 7.93. The third-order valence-electron chi connectivity index (χ3n) is 11.5. The highest BCUT2D eigenvalue weighted by Crippen LogP contribution is 2.48. The highest BCUT2D eigenvalue weighted by molar-refractivity contribution is 6.23. The predicted molar refractivity (Wildman–Crippen MR) is 238 cm³/mol. The van der Waals surface area contributed by atoms with Crippen molar-refractivity contribution < 1.29 is 0 Å². The largest absolute Gasteiger partial charge is 0.0622 e. The lowest BCUT2D eigenvalue weighted by Crippen LogP contribution is -1.95. The molecule has 55 heavy (non-hydrogen) atoms. The summed E-state index contributed by atoms with van der Waals surface area (Å²) in [6.07, 6.45) is 0. The van der Waals surface area contributed by atoms with E-state index >= 15 is 0 Å². The third kappa shape index (κ3) is 5.45. The highest BCUT2D eigenvalue weighted by atomic mass is 14.2. The molecule has 0 heterocycles. The zero-order valence-corrected chi connectivity index (χ0v) is 31.4. The quantitative estimate of drug-likeness (QED) is 0.157. The number of hydrogen-bond acceptors (Lipinski definition) is 0. The number of rotatable bonds is 5. The van der Waals surface area contributed by atoms with Gasteiger partial charge in [0.2, 0.25) is 0 Å². The summed E-state index contributed by atoms with van der Waals surface area (Å²) in [6, 6.07) is 69.6. The van der Waals surface area contributed by atoms with Crippen molar-refractivity contribution in [3.63, 3.8) is 0 Å². The highest BCUT2D eigenvalue weighted by Gasteiger charge is 2.21. The van der Waals surface area contributed by atoms with Crippen molar-refractivity contribution in [2.45, 2.75) is 20.8 Å². The Morgan fingerprint density at radius 3 is 1.00 bits per heavy atom. The van der Waals surface area contributed by atoms with E-state index in [1.165, 1.54) is 115 Å². The molecule has 0 aliphatic heterocycles. The number of fused-ring (bicyclic) bond motifs is 4. The van der Waals surface area contributed by atoms with Crippen molar-refractivity contribution in [3.8, 4) is 55.6 Å². The molecule has 10 rings (SSSR count). The average Bonchev–Trinajstić information content (AvgIpc) is 3.23. The van der Waals surface area contributed by atoms with Crippen molar-refractivity contribution in [2.24, 2.45) is 0 Å². The molecule has 0 bridgehead atoms. The fourth-order valence-corrected chi connectivity index (χ4v) is 9.30. The normalized spacial score (nSPS) is 11.5. The summed E-state index contributed by atoms with van der Waals surface area (Å²) in [6.45, 7) is 6.71. The van der Waals surface area contributed by atoms with E-state index in [1.54, 1.807) is 0 Å². The fraction of sp³-hybridized carbons (Fsp3) is 0.0545. The maximum atomic E-state index is 2.40. The van der Waals surface area contributed by atoms with Gasteiger partial charge < -0.3 is 0 Å². The SMILES string of the molecule is Cc1cc(C)c(-c2c3ccccc3c(-c3ccc(-c4c5ccccc5c(-c5ccccc5)c5cc(-c6ccccc6)ccc45)cc3)c3ccccc23)c(C)c1. The molecule has 10 aromatic rings. The Balaban J connectivity index is 1.21. The van der Waals surface area contributed by atoms with Gasteiger partial charge in [-0.2, -0.15) is 0 Å². The lowest BCUT2D eigenvalue weighted by atomic mass is 9.82. The molecule has 10 aromatic carbocycles. The van der Waals surface area contributed by atoms with Crippen molar-refractivity contribution in [2.75, 3.05) is 0 Å². The minimum absolute atomic E-state index is 1.22. The van der Waals surface area contributed by atoms with Crippen LogP contribution in [-0.4, -0.2) is 0 Å². The molecule has 0 unspecified atom stereocenters. The molecule has 0 aromatic heterocycles. The van der Waals surface area contributed by atoms with E-state index in [0.717, 1.165) is 0 Å². The van der Waals surface area contributed by atoms with Gasteiger partial charge in [0.1, 0.15) is 0 Å². The molecule has 0 fully saturated rings. The smallest absolute Gasteiger partial charge is 0.00210 e. The monoisotopic (exact) mass is 700 g/mol. The maximum Gasteiger partial charge on any atom is -0.00210 e. The molecular formula is C55H40. The van der Waals surface area contributed by atoms with Gasteiger partial charge in [-0.05, 0) is 137 Å². The fourth-order valence-electron chi connectivity index (χ4n) is 9.30. The van der Waals surface area contributed by atoms with Gasteiger partial charge in [0, 0.05) is 0 Å². The van der Waals surface area contributed by atoms with E-state index in [4.69, 9.17) is 0 Å². The van der Waals surface area contributed by atoms with Crippen LogP contribution in [0.5, 0.6) is 0 Å². The molecule has 0 atom stereocenters. The van der Waals surface area contributed by atoms with Crippen LogP contribution in [0.3, 0.4) is 0 Å². The predicted octanol–water partition coefficient (Wildman–Crippen LogP) is 15.6. The minimum atomic E-state index is 1.22. The zero-order valence-electron chi connectivity index (χ0n) is 31.4. The molecular weight excluding hydrogens is 661 g/mol. The van der Waals surface area contributed by atoms with Gasteiger partial charge in [-0.15, -0.1) is 0 Å². The van der Waals surface area contributed by atoms with Crippen LogP contribution in [0, 0.1) is 20.8 Å². The van der Waals surface area contributed by atoms with Gasteiger partial charge in [-0.3, -0.25) is 0 Å². The minimum Gasteiger partial charge on any atom is -0.0622 e. The van der Waals surface area contributed by atoms with E-state index in [-0.39, 0.29) is 0 Å². The Morgan fingerprint density at radius 2 is 0.545 bits per heavy atom. The molecule has 0 saturated heterocycles. The van der Waals surface area contributed by atoms with Gasteiger partial charge in [-0.25, -0.2) is 0 Å². The molecule has 260 valence electrons. The topological polar surface area (TPSA) is 0 Å².